The zero-order valence-electron chi connectivity index (χ0n) is 12.7. The molecule has 0 spiro atoms. The van der Waals surface area contributed by atoms with Crippen molar-refractivity contribution in [3.8, 4) is 0 Å². The van der Waals surface area contributed by atoms with E-state index >= 15 is 0 Å². The summed E-state index contributed by atoms with van der Waals surface area (Å²) in [5, 5.41) is 3.40. The summed E-state index contributed by atoms with van der Waals surface area (Å²) in [6.45, 7) is 6.05. The molecule has 0 aliphatic carbocycles. The SMILES string of the molecule is CCCCCCCCn1cccc1CNCCOC. The standard InChI is InChI=1S/C16H30N2O/c1-3-4-5-6-7-8-12-18-13-9-10-16(18)15-17-11-14-19-2/h9-10,13,17H,3-8,11-12,14-15H2,1-2H3. The van der Waals surface area contributed by atoms with Crippen molar-refractivity contribution < 1.29 is 4.74 Å². The van der Waals surface area contributed by atoms with E-state index in [-0.39, 0.29) is 0 Å². The second kappa shape index (κ2) is 11.1. The van der Waals surface area contributed by atoms with Crippen LogP contribution in [0.4, 0.5) is 0 Å². The van der Waals surface area contributed by atoms with E-state index < -0.39 is 0 Å². The Hall–Kier alpha value is -0.800. The van der Waals surface area contributed by atoms with E-state index in [9.17, 15) is 0 Å². The third kappa shape index (κ3) is 7.38. The molecule has 1 aromatic rings. The number of hydrogen-bond donors (Lipinski definition) is 1. The Morgan fingerprint density at radius 1 is 1.16 bits per heavy atom. The Kier molecular flexibility index (Phi) is 9.46. The fraction of sp³-hybridized carbons (Fsp3) is 0.750. The van der Waals surface area contributed by atoms with Gasteiger partial charge in [0.15, 0.2) is 0 Å². The summed E-state index contributed by atoms with van der Waals surface area (Å²) in [6, 6.07) is 4.35. The summed E-state index contributed by atoms with van der Waals surface area (Å²) in [4.78, 5) is 0. The second-order valence-electron chi connectivity index (χ2n) is 5.13. The summed E-state index contributed by atoms with van der Waals surface area (Å²) in [6.07, 6.45) is 10.3. The van der Waals surface area contributed by atoms with Crippen molar-refractivity contribution in [2.45, 2.75) is 58.5 Å². The molecule has 0 aliphatic heterocycles. The van der Waals surface area contributed by atoms with Crippen LogP contribution in [-0.4, -0.2) is 24.8 Å². The molecule has 0 amide bonds. The lowest BCUT2D eigenvalue weighted by atomic mass is 10.1. The van der Waals surface area contributed by atoms with Crippen LogP contribution in [0.15, 0.2) is 18.3 Å². The van der Waals surface area contributed by atoms with Crippen molar-refractivity contribution >= 4 is 0 Å². The highest BCUT2D eigenvalue weighted by Gasteiger charge is 2.00. The number of aryl methyl sites for hydroxylation is 1. The van der Waals surface area contributed by atoms with Crippen LogP contribution in [0, 0.1) is 0 Å². The van der Waals surface area contributed by atoms with Crippen LogP contribution in [-0.2, 0) is 17.8 Å². The average molecular weight is 266 g/mol. The third-order valence-corrected chi connectivity index (χ3v) is 3.47. The maximum atomic E-state index is 5.03. The lowest BCUT2D eigenvalue weighted by Gasteiger charge is -2.10. The highest BCUT2D eigenvalue weighted by molar-refractivity contribution is 5.06. The molecule has 0 unspecified atom stereocenters. The topological polar surface area (TPSA) is 26.2 Å². The van der Waals surface area contributed by atoms with Crippen LogP contribution in [0.5, 0.6) is 0 Å². The number of nitrogens with zero attached hydrogens (tertiary/aromatic N) is 1. The fourth-order valence-electron chi connectivity index (χ4n) is 2.28. The molecule has 0 saturated carbocycles. The van der Waals surface area contributed by atoms with Crippen molar-refractivity contribution in [3.05, 3.63) is 24.0 Å². The second-order valence-corrected chi connectivity index (χ2v) is 5.13. The molecule has 1 N–H and O–H groups in total. The van der Waals surface area contributed by atoms with Gasteiger partial charge in [0, 0.05) is 38.6 Å². The predicted molar refractivity (Wildman–Crippen MR) is 81.4 cm³/mol. The molecule has 1 heterocycles. The number of hydrogen-bond acceptors (Lipinski definition) is 2. The van der Waals surface area contributed by atoms with Crippen molar-refractivity contribution in [1.29, 1.82) is 0 Å². The molecule has 0 fully saturated rings. The zero-order chi connectivity index (χ0) is 13.8. The minimum atomic E-state index is 0.776. The van der Waals surface area contributed by atoms with E-state index in [1.54, 1.807) is 7.11 Å². The first-order valence-corrected chi connectivity index (χ1v) is 7.72. The average Bonchev–Trinajstić information content (AvgIpc) is 2.86. The van der Waals surface area contributed by atoms with Gasteiger partial charge in [-0.3, -0.25) is 0 Å². The quantitative estimate of drug-likeness (QED) is 0.585. The zero-order valence-corrected chi connectivity index (χ0v) is 12.7. The Bertz CT molecular complexity index is 309. The lowest BCUT2D eigenvalue weighted by Crippen LogP contribution is -2.20. The van der Waals surface area contributed by atoms with Crippen LogP contribution >= 0.6 is 0 Å². The molecule has 0 saturated heterocycles. The van der Waals surface area contributed by atoms with Crippen LogP contribution in [0.25, 0.3) is 0 Å². The molecular weight excluding hydrogens is 236 g/mol. The van der Waals surface area contributed by atoms with E-state index in [0.717, 1.165) is 26.2 Å². The smallest absolute Gasteiger partial charge is 0.0587 e. The minimum Gasteiger partial charge on any atom is -0.383 e. The lowest BCUT2D eigenvalue weighted by molar-refractivity contribution is 0.199. The summed E-state index contributed by atoms with van der Waals surface area (Å²) in [5.41, 5.74) is 1.38. The summed E-state index contributed by atoms with van der Waals surface area (Å²) in [5.74, 6) is 0. The number of rotatable bonds is 12. The van der Waals surface area contributed by atoms with Crippen LogP contribution < -0.4 is 5.32 Å². The maximum absolute atomic E-state index is 5.03. The first-order chi connectivity index (χ1) is 9.38. The molecule has 0 aliphatic rings. The number of aromatic nitrogens is 1. The Balaban J connectivity index is 2.13. The Labute approximate surface area is 118 Å². The normalized spacial score (nSPS) is 11.1. The molecular formula is C16H30N2O. The maximum Gasteiger partial charge on any atom is 0.0587 e. The highest BCUT2D eigenvalue weighted by Crippen LogP contribution is 2.08. The fourth-order valence-corrected chi connectivity index (χ4v) is 2.28. The van der Waals surface area contributed by atoms with Crippen molar-refractivity contribution in [2.75, 3.05) is 20.3 Å². The molecule has 0 radical (unpaired) electrons. The van der Waals surface area contributed by atoms with Gasteiger partial charge in [-0.15, -0.1) is 0 Å². The molecule has 19 heavy (non-hydrogen) atoms. The molecule has 0 aromatic carbocycles. The van der Waals surface area contributed by atoms with E-state index in [1.165, 1.54) is 44.2 Å². The van der Waals surface area contributed by atoms with Gasteiger partial charge in [0.25, 0.3) is 0 Å². The van der Waals surface area contributed by atoms with Gasteiger partial charge in [0.2, 0.25) is 0 Å². The van der Waals surface area contributed by atoms with Crippen LogP contribution in [0.3, 0.4) is 0 Å². The van der Waals surface area contributed by atoms with Crippen LogP contribution in [0.1, 0.15) is 51.1 Å². The number of methoxy groups -OCH3 is 1. The van der Waals surface area contributed by atoms with Crippen molar-refractivity contribution in [1.82, 2.24) is 9.88 Å². The minimum absolute atomic E-state index is 0.776. The first kappa shape index (κ1) is 16.3. The Morgan fingerprint density at radius 2 is 1.95 bits per heavy atom. The van der Waals surface area contributed by atoms with Crippen LogP contribution in [0.2, 0.25) is 0 Å². The monoisotopic (exact) mass is 266 g/mol. The highest BCUT2D eigenvalue weighted by atomic mass is 16.5. The number of nitrogens with one attached hydrogen (secondary N) is 1. The van der Waals surface area contributed by atoms with E-state index in [2.05, 4.69) is 35.1 Å². The molecule has 1 rings (SSSR count). The number of ether oxygens (including phenoxy) is 1. The molecule has 0 atom stereocenters. The number of unbranched alkanes of at least 4 members (excludes halogenated alkanes) is 5. The van der Waals surface area contributed by atoms with E-state index in [4.69, 9.17) is 4.74 Å². The molecule has 3 nitrogen and oxygen atoms in total. The van der Waals surface area contributed by atoms with Crippen molar-refractivity contribution in [3.63, 3.8) is 0 Å². The van der Waals surface area contributed by atoms with Gasteiger partial charge < -0.3 is 14.6 Å². The molecule has 110 valence electrons. The molecule has 3 heteroatoms. The molecule has 1 aromatic heterocycles. The summed E-state index contributed by atoms with van der Waals surface area (Å²) >= 11 is 0. The van der Waals surface area contributed by atoms with Gasteiger partial charge in [-0.05, 0) is 18.6 Å². The van der Waals surface area contributed by atoms with Gasteiger partial charge in [0.05, 0.1) is 6.61 Å². The van der Waals surface area contributed by atoms with Gasteiger partial charge in [0.1, 0.15) is 0 Å². The summed E-state index contributed by atoms with van der Waals surface area (Å²) in [7, 11) is 1.74. The van der Waals surface area contributed by atoms with Gasteiger partial charge >= 0.3 is 0 Å². The van der Waals surface area contributed by atoms with Gasteiger partial charge in [-0.2, -0.15) is 0 Å². The van der Waals surface area contributed by atoms with Gasteiger partial charge in [-0.1, -0.05) is 39.0 Å². The third-order valence-electron chi connectivity index (χ3n) is 3.47. The first-order valence-electron chi connectivity index (χ1n) is 7.72. The van der Waals surface area contributed by atoms with Crippen molar-refractivity contribution in [2.24, 2.45) is 0 Å². The molecule has 0 bridgehead atoms. The van der Waals surface area contributed by atoms with Gasteiger partial charge in [-0.25, -0.2) is 0 Å². The van der Waals surface area contributed by atoms with E-state index in [0.29, 0.717) is 0 Å². The van der Waals surface area contributed by atoms with E-state index in [1.807, 2.05) is 0 Å². The summed E-state index contributed by atoms with van der Waals surface area (Å²) < 4.78 is 7.41. The largest absolute Gasteiger partial charge is 0.383 e. The Morgan fingerprint density at radius 3 is 2.74 bits per heavy atom. The predicted octanol–water partition coefficient (Wildman–Crippen LogP) is 3.58.